The summed E-state index contributed by atoms with van der Waals surface area (Å²) >= 11 is 0. The quantitative estimate of drug-likeness (QED) is 0.545. The van der Waals surface area contributed by atoms with Crippen LogP contribution in [0.1, 0.15) is 53.9 Å². The highest BCUT2D eigenvalue weighted by atomic mass is 16.7. The lowest BCUT2D eigenvalue weighted by Crippen LogP contribution is -2.36. The summed E-state index contributed by atoms with van der Waals surface area (Å²) < 4.78 is 0. The van der Waals surface area contributed by atoms with Gasteiger partial charge in [-0.25, -0.2) is 4.79 Å². The van der Waals surface area contributed by atoms with Crippen LogP contribution in [-0.2, 0) is 9.63 Å². The Bertz CT molecular complexity index is 364. The average molecular weight is 237 g/mol. The molecule has 2 aliphatic rings. The second kappa shape index (κ2) is 3.82. The first-order valence-electron chi connectivity index (χ1n) is 6.57. The Hall–Kier alpha value is -0.860. The van der Waals surface area contributed by atoms with E-state index >= 15 is 0 Å². The summed E-state index contributed by atoms with van der Waals surface area (Å²) in [6, 6.07) is 0. The molecule has 96 valence electrons. The van der Waals surface area contributed by atoms with Gasteiger partial charge in [-0.1, -0.05) is 39.8 Å². The first kappa shape index (κ1) is 12.6. The maximum Gasteiger partial charge on any atom is 0.337 e. The molecule has 0 aromatic rings. The van der Waals surface area contributed by atoms with Crippen molar-refractivity contribution in [2.75, 3.05) is 0 Å². The van der Waals surface area contributed by atoms with Gasteiger partial charge in [0.2, 0.25) is 0 Å². The summed E-state index contributed by atoms with van der Waals surface area (Å²) in [5.41, 5.74) is 1.34. The van der Waals surface area contributed by atoms with Crippen molar-refractivity contribution in [3.05, 3.63) is 0 Å². The molecule has 0 amide bonds. The molecule has 2 rings (SSSR count). The molecule has 0 N–H and O–H groups in total. The number of fused-ring (bicyclic) bond motifs is 2. The van der Waals surface area contributed by atoms with E-state index in [9.17, 15) is 4.79 Å². The van der Waals surface area contributed by atoms with Crippen molar-refractivity contribution in [1.82, 2.24) is 0 Å². The summed E-state index contributed by atoms with van der Waals surface area (Å²) in [6.45, 7) is 10.4. The molecule has 17 heavy (non-hydrogen) atoms. The predicted octanol–water partition coefficient (Wildman–Crippen LogP) is 3.39. The van der Waals surface area contributed by atoms with Crippen molar-refractivity contribution in [3.8, 4) is 0 Å². The second-order valence-corrected chi connectivity index (χ2v) is 6.73. The van der Waals surface area contributed by atoms with Gasteiger partial charge >= 0.3 is 5.97 Å². The van der Waals surface area contributed by atoms with E-state index in [1.54, 1.807) is 0 Å². The van der Waals surface area contributed by atoms with Crippen LogP contribution in [0, 0.1) is 22.7 Å². The van der Waals surface area contributed by atoms with Crippen molar-refractivity contribution in [1.29, 1.82) is 0 Å². The standard InChI is InChI=1S/C14H23NO2/c1-9(2)11(16)17-15-12-13(3,4)10-6-7-14(12,5)8-10/h9-10H,6-8H2,1-5H3/b15-12-/t10-,14+/m1/s1. The summed E-state index contributed by atoms with van der Waals surface area (Å²) in [4.78, 5) is 16.6. The molecule has 3 nitrogen and oxygen atoms in total. The molecule has 0 saturated heterocycles. The Morgan fingerprint density at radius 2 is 2.06 bits per heavy atom. The van der Waals surface area contributed by atoms with Gasteiger partial charge in [-0.05, 0) is 25.2 Å². The van der Waals surface area contributed by atoms with Gasteiger partial charge in [0.25, 0.3) is 0 Å². The molecule has 0 spiro atoms. The Labute approximate surface area is 104 Å². The van der Waals surface area contributed by atoms with Gasteiger partial charge in [0.1, 0.15) is 0 Å². The Balaban J connectivity index is 2.20. The van der Waals surface area contributed by atoms with Gasteiger partial charge < -0.3 is 4.84 Å². The highest BCUT2D eigenvalue weighted by Gasteiger charge is 2.57. The SMILES string of the molecule is CC(C)C(=O)O/N=C1/C(C)(C)[C@@H]2CC[C@@]1(C)C2. The van der Waals surface area contributed by atoms with E-state index in [1.165, 1.54) is 19.3 Å². The minimum atomic E-state index is -0.236. The number of hydrogen-bond donors (Lipinski definition) is 0. The van der Waals surface area contributed by atoms with Crippen molar-refractivity contribution in [3.63, 3.8) is 0 Å². The maximum absolute atomic E-state index is 11.5. The number of carbonyl (C=O) groups excluding carboxylic acids is 1. The number of nitrogens with zero attached hydrogens (tertiary/aromatic N) is 1. The van der Waals surface area contributed by atoms with Gasteiger partial charge in [-0.3, -0.25) is 0 Å². The summed E-state index contributed by atoms with van der Waals surface area (Å²) in [7, 11) is 0. The second-order valence-electron chi connectivity index (χ2n) is 6.73. The summed E-state index contributed by atoms with van der Waals surface area (Å²) in [5, 5.41) is 4.22. The van der Waals surface area contributed by atoms with Gasteiger partial charge in [-0.2, -0.15) is 0 Å². The molecule has 2 atom stereocenters. The van der Waals surface area contributed by atoms with E-state index in [4.69, 9.17) is 4.84 Å². The lowest BCUT2D eigenvalue weighted by atomic mass is 9.71. The van der Waals surface area contributed by atoms with E-state index in [2.05, 4.69) is 25.9 Å². The van der Waals surface area contributed by atoms with Crippen LogP contribution >= 0.6 is 0 Å². The molecule has 0 aromatic carbocycles. The lowest BCUT2D eigenvalue weighted by Gasteiger charge is -2.34. The zero-order chi connectivity index (χ0) is 12.8. The normalized spacial score (nSPS) is 36.8. The molecule has 0 unspecified atom stereocenters. The molecule has 2 bridgehead atoms. The number of carbonyl (C=O) groups is 1. The molecular weight excluding hydrogens is 214 g/mol. The average Bonchev–Trinajstić information content (AvgIpc) is 2.68. The predicted molar refractivity (Wildman–Crippen MR) is 67.6 cm³/mol. The number of hydrogen-bond acceptors (Lipinski definition) is 3. The fraction of sp³-hybridized carbons (Fsp3) is 0.857. The monoisotopic (exact) mass is 237 g/mol. The van der Waals surface area contributed by atoms with E-state index < -0.39 is 0 Å². The number of rotatable bonds is 2. The summed E-state index contributed by atoms with van der Waals surface area (Å²) in [5.74, 6) is 0.345. The van der Waals surface area contributed by atoms with Crippen LogP contribution in [0.2, 0.25) is 0 Å². The molecule has 2 fully saturated rings. The first-order valence-corrected chi connectivity index (χ1v) is 6.57. The third-order valence-electron chi connectivity index (χ3n) is 4.64. The third-order valence-corrected chi connectivity index (χ3v) is 4.64. The Kier molecular flexibility index (Phi) is 2.83. The van der Waals surface area contributed by atoms with Crippen molar-refractivity contribution in [2.45, 2.75) is 53.9 Å². The molecule has 3 heteroatoms. The van der Waals surface area contributed by atoms with E-state index in [1.807, 2.05) is 13.8 Å². The maximum atomic E-state index is 11.5. The van der Waals surface area contributed by atoms with Crippen LogP contribution in [0.5, 0.6) is 0 Å². The summed E-state index contributed by atoms with van der Waals surface area (Å²) in [6.07, 6.45) is 3.65. The van der Waals surface area contributed by atoms with E-state index in [0.717, 1.165) is 5.71 Å². The topological polar surface area (TPSA) is 38.7 Å². The largest absolute Gasteiger partial charge is 0.337 e. The van der Waals surface area contributed by atoms with Gasteiger partial charge in [0, 0.05) is 10.8 Å². The molecule has 0 aliphatic heterocycles. The minimum absolute atomic E-state index is 0.0876. The molecule has 0 heterocycles. The van der Waals surface area contributed by atoms with Crippen LogP contribution in [0.3, 0.4) is 0 Å². The Morgan fingerprint density at radius 3 is 2.53 bits per heavy atom. The fourth-order valence-electron chi connectivity index (χ4n) is 3.47. The zero-order valence-electron chi connectivity index (χ0n) is 11.5. The van der Waals surface area contributed by atoms with Crippen LogP contribution in [-0.4, -0.2) is 11.7 Å². The fourth-order valence-corrected chi connectivity index (χ4v) is 3.47. The molecule has 0 radical (unpaired) electrons. The van der Waals surface area contributed by atoms with Crippen LogP contribution in [0.25, 0.3) is 0 Å². The van der Waals surface area contributed by atoms with Crippen molar-refractivity contribution < 1.29 is 9.63 Å². The lowest BCUT2D eigenvalue weighted by molar-refractivity contribution is -0.147. The van der Waals surface area contributed by atoms with Gasteiger partial charge in [0.05, 0.1) is 11.6 Å². The van der Waals surface area contributed by atoms with Crippen LogP contribution in [0.15, 0.2) is 5.16 Å². The first-order chi connectivity index (χ1) is 7.77. The third kappa shape index (κ3) is 1.90. The van der Waals surface area contributed by atoms with Gasteiger partial charge in [-0.15, -0.1) is 0 Å². The number of oxime groups is 1. The molecule has 2 saturated carbocycles. The molecular formula is C14H23NO2. The smallest absolute Gasteiger partial charge is 0.318 e. The minimum Gasteiger partial charge on any atom is -0.318 e. The highest BCUT2D eigenvalue weighted by Crippen LogP contribution is 2.60. The van der Waals surface area contributed by atoms with E-state index in [-0.39, 0.29) is 22.7 Å². The van der Waals surface area contributed by atoms with Crippen molar-refractivity contribution >= 4 is 11.7 Å². The molecule has 0 aromatic heterocycles. The van der Waals surface area contributed by atoms with Crippen LogP contribution in [0.4, 0.5) is 0 Å². The Morgan fingerprint density at radius 1 is 1.41 bits per heavy atom. The van der Waals surface area contributed by atoms with Crippen molar-refractivity contribution in [2.24, 2.45) is 27.8 Å². The highest BCUT2D eigenvalue weighted by molar-refractivity contribution is 5.97. The van der Waals surface area contributed by atoms with Crippen LogP contribution < -0.4 is 0 Å². The van der Waals surface area contributed by atoms with E-state index in [0.29, 0.717) is 5.92 Å². The van der Waals surface area contributed by atoms with Gasteiger partial charge in [0.15, 0.2) is 0 Å². The zero-order valence-corrected chi connectivity index (χ0v) is 11.5. The molecule has 2 aliphatic carbocycles.